The highest BCUT2D eigenvalue weighted by molar-refractivity contribution is 5.77. The lowest BCUT2D eigenvalue weighted by atomic mass is 9.90. The maximum atomic E-state index is 14.0. The number of benzene rings is 2. The number of halogens is 4. The van der Waals surface area contributed by atoms with Crippen molar-refractivity contribution in [2.75, 3.05) is 13.1 Å². The van der Waals surface area contributed by atoms with Gasteiger partial charge in [-0.2, -0.15) is 13.2 Å². The predicted octanol–water partition coefficient (Wildman–Crippen LogP) is 4.14. The summed E-state index contributed by atoms with van der Waals surface area (Å²) < 4.78 is 56.1. The number of aliphatic hydroxyl groups is 1. The van der Waals surface area contributed by atoms with Crippen molar-refractivity contribution in [1.82, 2.24) is 14.5 Å². The van der Waals surface area contributed by atoms with Crippen LogP contribution in [-0.4, -0.2) is 50.3 Å². The first kappa shape index (κ1) is 25.6. The summed E-state index contributed by atoms with van der Waals surface area (Å²) in [5.41, 5.74) is -1.45. The fourth-order valence-corrected chi connectivity index (χ4v) is 4.42. The Morgan fingerprint density at radius 2 is 1.69 bits per heavy atom. The number of hydrogen-bond donors (Lipinski definition) is 1. The minimum atomic E-state index is -4.57. The van der Waals surface area contributed by atoms with Crippen LogP contribution in [0.1, 0.15) is 30.7 Å². The van der Waals surface area contributed by atoms with Gasteiger partial charge in [0.25, 0.3) is 5.56 Å². The number of amides is 1. The molecule has 190 valence electrons. The largest absolute Gasteiger partial charge is 0.396 e. The first-order valence-electron chi connectivity index (χ1n) is 11.5. The highest BCUT2D eigenvalue weighted by atomic mass is 19.4. The van der Waals surface area contributed by atoms with E-state index in [1.165, 1.54) is 64.3 Å². The summed E-state index contributed by atoms with van der Waals surface area (Å²) in [4.78, 5) is 30.7. The van der Waals surface area contributed by atoms with Gasteiger partial charge in [-0.05, 0) is 30.5 Å². The number of carbonyl (C=O) groups is 1. The van der Waals surface area contributed by atoms with E-state index in [9.17, 15) is 32.3 Å². The Kier molecular flexibility index (Phi) is 7.26. The average molecular weight is 503 g/mol. The van der Waals surface area contributed by atoms with Crippen molar-refractivity contribution in [3.63, 3.8) is 0 Å². The number of aromatic nitrogens is 2. The summed E-state index contributed by atoms with van der Waals surface area (Å²) in [5, 5.41) is 11.0. The Morgan fingerprint density at radius 3 is 2.31 bits per heavy atom. The number of hydrogen-bond acceptors (Lipinski definition) is 4. The van der Waals surface area contributed by atoms with Gasteiger partial charge in [-0.15, -0.1) is 0 Å². The summed E-state index contributed by atoms with van der Waals surface area (Å²) in [6, 6.07) is 14.4. The van der Waals surface area contributed by atoms with Crippen LogP contribution in [0, 0.1) is 5.82 Å². The van der Waals surface area contributed by atoms with Crippen LogP contribution >= 0.6 is 0 Å². The zero-order valence-electron chi connectivity index (χ0n) is 19.3. The van der Waals surface area contributed by atoms with Crippen LogP contribution in [0.5, 0.6) is 0 Å². The zero-order valence-corrected chi connectivity index (χ0v) is 19.3. The summed E-state index contributed by atoms with van der Waals surface area (Å²) in [5.74, 6) is -3.07. The quantitative estimate of drug-likeness (QED) is 0.513. The molecule has 1 aromatic heterocycles. The Balaban J connectivity index is 1.40. The molecule has 1 saturated heterocycles. The number of piperidine rings is 1. The molecule has 2 aromatic carbocycles. The molecule has 0 radical (unpaired) electrons. The molecule has 10 heteroatoms. The van der Waals surface area contributed by atoms with E-state index < -0.39 is 41.4 Å². The summed E-state index contributed by atoms with van der Waals surface area (Å²) in [6.45, 7) is 0.0159. The van der Waals surface area contributed by atoms with E-state index in [4.69, 9.17) is 0 Å². The van der Waals surface area contributed by atoms with Crippen LogP contribution in [0.3, 0.4) is 0 Å². The van der Waals surface area contributed by atoms with Crippen LogP contribution < -0.4 is 5.56 Å². The summed E-state index contributed by atoms with van der Waals surface area (Å²) >= 11 is 0. The van der Waals surface area contributed by atoms with E-state index in [-0.39, 0.29) is 49.3 Å². The van der Waals surface area contributed by atoms with Gasteiger partial charge in [0.15, 0.2) is 0 Å². The molecule has 3 aromatic rings. The van der Waals surface area contributed by atoms with Gasteiger partial charge in [0.2, 0.25) is 5.91 Å². The minimum Gasteiger partial charge on any atom is -0.388 e. The van der Waals surface area contributed by atoms with Gasteiger partial charge < -0.3 is 10.0 Å². The molecule has 6 nitrogen and oxygen atoms in total. The van der Waals surface area contributed by atoms with Crippen molar-refractivity contribution in [3.8, 4) is 11.3 Å². The Hall–Kier alpha value is -3.53. The van der Waals surface area contributed by atoms with E-state index >= 15 is 0 Å². The van der Waals surface area contributed by atoms with E-state index in [2.05, 4.69) is 4.98 Å². The Labute approximate surface area is 204 Å². The lowest BCUT2D eigenvalue weighted by Crippen LogP contribution is -2.50. The number of likely N-dealkylation sites (tertiary alicyclic amines) is 1. The smallest absolute Gasteiger partial charge is 0.388 e. The molecule has 1 aliphatic heterocycles. The maximum absolute atomic E-state index is 14.0. The van der Waals surface area contributed by atoms with Crippen LogP contribution in [0.15, 0.2) is 71.8 Å². The number of nitrogens with zero attached hydrogens (tertiary/aromatic N) is 3. The molecule has 1 aliphatic rings. The molecule has 2 heterocycles. The SMILES string of the molecule is O=C(CC(c1ccccc1)C(F)(F)F)N1CCC(O)(Cn2cnc(-c3ccccc3F)cc2=O)CC1. The number of rotatable bonds is 6. The van der Waals surface area contributed by atoms with E-state index in [1.54, 1.807) is 12.1 Å². The monoisotopic (exact) mass is 503 g/mol. The van der Waals surface area contributed by atoms with E-state index in [0.29, 0.717) is 0 Å². The summed E-state index contributed by atoms with van der Waals surface area (Å²) in [6.07, 6.45) is -3.89. The third kappa shape index (κ3) is 5.81. The maximum Gasteiger partial charge on any atom is 0.396 e. The van der Waals surface area contributed by atoms with Gasteiger partial charge >= 0.3 is 6.18 Å². The Bertz CT molecular complexity index is 1270. The third-order valence-corrected chi connectivity index (χ3v) is 6.52. The normalized spacial score (nSPS) is 16.5. The molecule has 1 unspecified atom stereocenters. The van der Waals surface area contributed by atoms with Gasteiger partial charge in [0.1, 0.15) is 5.82 Å². The Morgan fingerprint density at radius 1 is 1.06 bits per heavy atom. The van der Waals surface area contributed by atoms with Crippen molar-refractivity contribution >= 4 is 5.91 Å². The van der Waals surface area contributed by atoms with Crippen molar-refractivity contribution < 1.29 is 27.5 Å². The van der Waals surface area contributed by atoms with Crippen molar-refractivity contribution in [3.05, 3.63) is 88.7 Å². The molecule has 1 atom stereocenters. The molecular weight excluding hydrogens is 478 g/mol. The van der Waals surface area contributed by atoms with E-state index in [1.807, 2.05) is 0 Å². The first-order valence-corrected chi connectivity index (χ1v) is 11.5. The fourth-order valence-electron chi connectivity index (χ4n) is 4.42. The molecule has 0 spiro atoms. The highest BCUT2D eigenvalue weighted by Crippen LogP contribution is 2.38. The molecule has 36 heavy (non-hydrogen) atoms. The van der Waals surface area contributed by atoms with Crippen LogP contribution in [0.25, 0.3) is 11.3 Å². The molecule has 1 N–H and O–H groups in total. The van der Waals surface area contributed by atoms with Crippen LogP contribution in [0.4, 0.5) is 17.6 Å². The molecule has 1 amide bonds. The standard InChI is InChI=1S/C26H25F4N3O3/c27-21-9-5-4-8-19(21)22-15-24(35)33(17-31-22)16-25(36)10-12-32(13-11-25)23(34)14-20(26(28,29)30)18-6-2-1-3-7-18/h1-9,15,17,20,36H,10-14,16H2. The van der Waals surface area contributed by atoms with Gasteiger partial charge in [-0.3, -0.25) is 14.2 Å². The van der Waals surface area contributed by atoms with Crippen molar-refractivity contribution in [1.29, 1.82) is 0 Å². The number of carbonyl (C=O) groups excluding carboxylic acids is 1. The van der Waals surface area contributed by atoms with Gasteiger partial charge in [-0.25, -0.2) is 9.37 Å². The second kappa shape index (κ2) is 10.2. The molecule has 0 saturated carbocycles. The van der Waals surface area contributed by atoms with Crippen molar-refractivity contribution in [2.24, 2.45) is 0 Å². The van der Waals surface area contributed by atoms with Gasteiger partial charge in [-0.1, -0.05) is 42.5 Å². The third-order valence-electron chi connectivity index (χ3n) is 6.52. The zero-order chi connectivity index (χ0) is 25.9. The molecule has 0 bridgehead atoms. The van der Waals surface area contributed by atoms with Crippen LogP contribution in [0.2, 0.25) is 0 Å². The topological polar surface area (TPSA) is 75.4 Å². The molecule has 0 aliphatic carbocycles. The number of alkyl halides is 3. The second-order valence-electron chi connectivity index (χ2n) is 9.03. The lowest BCUT2D eigenvalue weighted by Gasteiger charge is -2.39. The van der Waals surface area contributed by atoms with Crippen molar-refractivity contribution in [2.45, 2.75) is 43.5 Å². The van der Waals surface area contributed by atoms with Gasteiger partial charge in [0.05, 0.1) is 30.1 Å². The lowest BCUT2D eigenvalue weighted by molar-refractivity contribution is -0.162. The average Bonchev–Trinajstić information content (AvgIpc) is 2.84. The van der Waals surface area contributed by atoms with Gasteiger partial charge in [0, 0.05) is 31.1 Å². The van der Waals surface area contributed by atoms with Crippen LogP contribution in [-0.2, 0) is 11.3 Å². The minimum absolute atomic E-state index is 0.0255. The molecule has 4 rings (SSSR count). The molecule has 1 fully saturated rings. The fraction of sp³-hybridized carbons (Fsp3) is 0.346. The summed E-state index contributed by atoms with van der Waals surface area (Å²) in [7, 11) is 0. The molecular formula is C26H25F4N3O3. The predicted molar refractivity (Wildman–Crippen MR) is 125 cm³/mol. The second-order valence-corrected chi connectivity index (χ2v) is 9.03. The first-order chi connectivity index (χ1) is 17.1. The van der Waals surface area contributed by atoms with E-state index in [0.717, 1.165) is 0 Å². The highest BCUT2D eigenvalue weighted by Gasteiger charge is 2.43.